The Morgan fingerprint density at radius 3 is 2.67 bits per heavy atom. The van der Waals surface area contributed by atoms with Crippen LogP contribution in [-0.2, 0) is 7.05 Å². The Morgan fingerprint density at radius 2 is 2.07 bits per heavy atom. The summed E-state index contributed by atoms with van der Waals surface area (Å²) < 4.78 is 27.6. The third-order valence-electron chi connectivity index (χ3n) is 2.22. The average Bonchev–Trinajstić information content (AvgIpc) is 2.42. The highest BCUT2D eigenvalue weighted by Gasteiger charge is 2.16. The molecule has 0 spiro atoms. The number of carbonyl (C=O) groups is 1. The first-order valence-corrected chi connectivity index (χ1v) is 4.18. The van der Waals surface area contributed by atoms with Crippen molar-refractivity contribution in [1.82, 2.24) is 4.57 Å². The molecule has 3 nitrogen and oxygen atoms in total. The van der Waals surface area contributed by atoms with Gasteiger partial charge in [-0.15, -0.1) is 0 Å². The minimum atomic E-state index is -1.20. The molecule has 0 aliphatic heterocycles. The molecule has 0 aliphatic carbocycles. The highest BCUT2D eigenvalue weighted by atomic mass is 19.1. The third kappa shape index (κ3) is 1.36. The molecule has 5 heteroatoms. The first-order valence-electron chi connectivity index (χ1n) is 4.18. The lowest BCUT2D eigenvalue weighted by Gasteiger charge is -1.98. The number of carboxylic acids is 1. The van der Waals surface area contributed by atoms with Crippen molar-refractivity contribution >= 4 is 16.9 Å². The molecule has 0 aliphatic rings. The van der Waals surface area contributed by atoms with Gasteiger partial charge in [-0.05, 0) is 6.07 Å². The van der Waals surface area contributed by atoms with Crippen molar-refractivity contribution in [1.29, 1.82) is 0 Å². The molecular formula is C10H7F2NO2. The second-order valence-electron chi connectivity index (χ2n) is 3.24. The van der Waals surface area contributed by atoms with Crippen LogP contribution in [0, 0.1) is 11.6 Å². The average molecular weight is 211 g/mol. The van der Waals surface area contributed by atoms with E-state index in [-0.39, 0.29) is 16.5 Å². The van der Waals surface area contributed by atoms with Crippen molar-refractivity contribution in [3.05, 3.63) is 35.5 Å². The third-order valence-corrected chi connectivity index (χ3v) is 2.22. The number of halogens is 2. The molecular weight excluding hydrogens is 204 g/mol. The van der Waals surface area contributed by atoms with Crippen LogP contribution in [0.15, 0.2) is 18.3 Å². The summed E-state index contributed by atoms with van der Waals surface area (Å²) in [6.07, 6.45) is 1.26. The highest BCUT2D eigenvalue weighted by molar-refractivity contribution is 6.03. The summed E-state index contributed by atoms with van der Waals surface area (Å²) in [7, 11) is 1.51. The van der Waals surface area contributed by atoms with Crippen molar-refractivity contribution in [3.8, 4) is 0 Å². The fourth-order valence-electron chi connectivity index (χ4n) is 1.63. The van der Waals surface area contributed by atoms with Crippen LogP contribution in [0.1, 0.15) is 10.4 Å². The Balaban J connectivity index is 2.93. The van der Waals surface area contributed by atoms with Crippen LogP contribution in [0.4, 0.5) is 8.78 Å². The molecule has 2 rings (SSSR count). The number of carboxylic acid groups (broad SMARTS) is 1. The van der Waals surface area contributed by atoms with Gasteiger partial charge in [-0.1, -0.05) is 0 Å². The maximum Gasteiger partial charge on any atom is 0.337 e. The molecule has 0 amide bonds. The van der Waals surface area contributed by atoms with Gasteiger partial charge in [0.25, 0.3) is 0 Å². The zero-order chi connectivity index (χ0) is 11.2. The monoisotopic (exact) mass is 211 g/mol. The number of rotatable bonds is 1. The van der Waals surface area contributed by atoms with Crippen LogP contribution < -0.4 is 0 Å². The maximum absolute atomic E-state index is 13.3. The van der Waals surface area contributed by atoms with E-state index in [1.807, 2.05) is 0 Å². The number of nitrogens with zero attached hydrogens (tertiary/aromatic N) is 1. The summed E-state index contributed by atoms with van der Waals surface area (Å²) in [6.45, 7) is 0. The molecule has 1 N–H and O–H groups in total. The van der Waals surface area contributed by atoms with Crippen LogP contribution in [-0.4, -0.2) is 15.6 Å². The predicted octanol–water partition coefficient (Wildman–Crippen LogP) is 2.15. The first-order chi connectivity index (χ1) is 7.00. The fourth-order valence-corrected chi connectivity index (χ4v) is 1.63. The lowest BCUT2D eigenvalue weighted by Crippen LogP contribution is -1.94. The molecule has 1 aromatic carbocycles. The van der Waals surface area contributed by atoms with Crippen LogP contribution in [0.25, 0.3) is 10.9 Å². The van der Waals surface area contributed by atoms with E-state index >= 15 is 0 Å². The number of benzene rings is 1. The zero-order valence-corrected chi connectivity index (χ0v) is 7.79. The topological polar surface area (TPSA) is 42.2 Å². The van der Waals surface area contributed by atoms with Crippen LogP contribution in [0.2, 0.25) is 0 Å². The molecule has 15 heavy (non-hydrogen) atoms. The second-order valence-corrected chi connectivity index (χ2v) is 3.24. The SMILES string of the molecule is Cn1cc(C(=O)O)c2cc(F)cc(F)c21. The minimum Gasteiger partial charge on any atom is -0.478 e. The molecule has 0 fully saturated rings. The van der Waals surface area contributed by atoms with E-state index in [9.17, 15) is 13.6 Å². The van der Waals surface area contributed by atoms with Gasteiger partial charge < -0.3 is 9.67 Å². The van der Waals surface area contributed by atoms with E-state index in [4.69, 9.17) is 5.11 Å². The molecule has 0 radical (unpaired) electrons. The Kier molecular flexibility index (Phi) is 1.96. The second kappa shape index (κ2) is 3.05. The standard InChI is InChI=1S/C10H7F2NO2/c1-13-4-7(10(14)15)6-2-5(11)3-8(12)9(6)13/h2-4H,1H3,(H,14,15). The van der Waals surface area contributed by atoms with Gasteiger partial charge >= 0.3 is 5.97 Å². The fraction of sp³-hybridized carbons (Fsp3) is 0.100. The Hall–Kier alpha value is -1.91. The molecule has 78 valence electrons. The van der Waals surface area contributed by atoms with Crippen molar-refractivity contribution < 1.29 is 18.7 Å². The highest BCUT2D eigenvalue weighted by Crippen LogP contribution is 2.24. The van der Waals surface area contributed by atoms with Gasteiger partial charge in [0.1, 0.15) is 11.6 Å². The van der Waals surface area contributed by atoms with Crippen LogP contribution in [0.3, 0.4) is 0 Å². The summed E-state index contributed by atoms with van der Waals surface area (Å²) >= 11 is 0. The van der Waals surface area contributed by atoms with E-state index in [1.165, 1.54) is 17.8 Å². The maximum atomic E-state index is 13.3. The number of aryl methyl sites for hydroxylation is 1. The van der Waals surface area contributed by atoms with E-state index in [0.717, 1.165) is 12.1 Å². The molecule has 0 atom stereocenters. The van der Waals surface area contributed by atoms with Gasteiger partial charge in [0.2, 0.25) is 0 Å². The van der Waals surface area contributed by atoms with Gasteiger partial charge in [0, 0.05) is 24.7 Å². The number of hydrogen-bond donors (Lipinski definition) is 1. The van der Waals surface area contributed by atoms with Gasteiger partial charge in [-0.2, -0.15) is 0 Å². The van der Waals surface area contributed by atoms with Gasteiger partial charge in [0.15, 0.2) is 0 Å². The summed E-state index contributed by atoms with van der Waals surface area (Å²) in [5, 5.41) is 8.89. The smallest absolute Gasteiger partial charge is 0.337 e. The number of aromatic carboxylic acids is 1. The molecule has 2 aromatic rings. The van der Waals surface area contributed by atoms with Gasteiger partial charge in [0.05, 0.1) is 11.1 Å². The Labute approximate surface area is 83.5 Å². The molecule has 0 bridgehead atoms. The molecule has 0 saturated carbocycles. The summed E-state index contributed by atoms with van der Waals surface area (Å²) in [5.41, 5.74) is -0.0142. The molecule has 1 aromatic heterocycles. The van der Waals surface area contributed by atoms with Crippen molar-refractivity contribution in [2.24, 2.45) is 7.05 Å². The summed E-state index contributed by atoms with van der Waals surface area (Å²) in [4.78, 5) is 10.8. The number of hydrogen-bond acceptors (Lipinski definition) is 1. The van der Waals surface area contributed by atoms with Gasteiger partial charge in [-0.3, -0.25) is 0 Å². The lowest BCUT2D eigenvalue weighted by atomic mass is 10.1. The van der Waals surface area contributed by atoms with E-state index in [2.05, 4.69) is 0 Å². The zero-order valence-electron chi connectivity index (χ0n) is 7.79. The molecule has 0 saturated heterocycles. The van der Waals surface area contributed by atoms with Crippen molar-refractivity contribution in [2.75, 3.05) is 0 Å². The lowest BCUT2D eigenvalue weighted by molar-refractivity contribution is 0.0699. The summed E-state index contributed by atoms with van der Waals surface area (Å²) in [5.74, 6) is -2.75. The normalized spacial score (nSPS) is 10.9. The predicted molar refractivity (Wildman–Crippen MR) is 49.8 cm³/mol. The number of aromatic nitrogens is 1. The first kappa shape index (κ1) is 9.64. The Bertz CT molecular complexity index is 560. The van der Waals surface area contributed by atoms with E-state index in [0.29, 0.717) is 0 Å². The van der Waals surface area contributed by atoms with Crippen LogP contribution in [0.5, 0.6) is 0 Å². The Morgan fingerprint density at radius 1 is 1.40 bits per heavy atom. The van der Waals surface area contributed by atoms with E-state index in [1.54, 1.807) is 0 Å². The van der Waals surface area contributed by atoms with Gasteiger partial charge in [-0.25, -0.2) is 13.6 Å². The van der Waals surface area contributed by atoms with E-state index < -0.39 is 17.6 Å². The summed E-state index contributed by atoms with van der Waals surface area (Å²) in [6, 6.07) is 1.75. The molecule has 0 unspecified atom stereocenters. The van der Waals surface area contributed by atoms with Crippen molar-refractivity contribution in [2.45, 2.75) is 0 Å². The number of fused-ring (bicyclic) bond motifs is 1. The molecule has 1 heterocycles. The minimum absolute atomic E-state index is 0.0718. The van der Waals surface area contributed by atoms with Crippen LogP contribution >= 0.6 is 0 Å². The quantitative estimate of drug-likeness (QED) is 0.785. The largest absolute Gasteiger partial charge is 0.478 e. The van der Waals surface area contributed by atoms with Crippen molar-refractivity contribution in [3.63, 3.8) is 0 Å².